The van der Waals surface area contributed by atoms with E-state index in [1.54, 1.807) is 24.2 Å². The minimum Gasteiger partial charge on any atom is -0.468 e. The minimum absolute atomic E-state index is 0.0772. The predicted molar refractivity (Wildman–Crippen MR) is 90.2 cm³/mol. The van der Waals surface area contributed by atoms with Crippen LogP contribution in [-0.4, -0.2) is 10.8 Å². The highest BCUT2D eigenvalue weighted by Gasteiger charge is 2.19. The van der Waals surface area contributed by atoms with Gasteiger partial charge in [-0.3, -0.25) is 9.78 Å². The first-order valence-corrected chi connectivity index (χ1v) is 8.86. The van der Waals surface area contributed by atoms with E-state index in [9.17, 15) is 4.79 Å². The fourth-order valence-electron chi connectivity index (χ4n) is 2.12. The van der Waals surface area contributed by atoms with Crippen molar-refractivity contribution in [2.45, 2.75) is 17.4 Å². The van der Waals surface area contributed by atoms with Crippen LogP contribution < -0.4 is 0 Å². The standard InChI is InChI=1S/C17H15NO2S2/c19-15(16-6-3-9-21-16)10-17(13-4-1-7-18-11-13)22-12-14-5-2-8-20-14/h1-9,11,17H,10,12H2. The van der Waals surface area contributed by atoms with Crippen LogP contribution >= 0.6 is 23.1 Å². The van der Waals surface area contributed by atoms with Crippen molar-refractivity contribution in [3.63, 3.8) is 0 Å². The van der Waals surface area contributed by atoms with E-state index in [-0.39, 0.29) is 11.0 Å². The molecule has 0 aliphatic carbocycles. The fourth-order valence-corrected chi connectivity index (χ4v) is 3.93. The van der Waals surface area contributed by atoms with Crippen LogP contribution in [0.3, 0.4) is 0 Å². The molecule has 0 spiro atoms. The number of furan rings is 1. The number of hydrogen-bond acceptors (Lipinski definition) is 5. The molecular formula is C17H15NO2S2. The lowest BCUT2D eigenvalue weighted by Gasteiger charge is -2.15. The van der Waals surface area contributed by atoms with E-state index >= 15 is 0 Å². The number of carbonyl (C=O) groups excluding carboxylic acids is 1. The smallest absolute Gasteiger partial charge is 0.174 e. The second-order valence-electron chi connectivity index (χ2n) is 4.77. The predicted octanol–water partition coefficient (Wildman–Crippen LogP) is 4.98. The fraction of sp³-hybridized carbons (Fsp3) is 0.176. The Hall–Kier alpha value is -1.85. The van der Waals surface area contributed by atoms with E-state index in [0.29, 0.717) is 6.42 Å². The zero-order chi connectivity index (χ0) is 15.2. The molecule has 5 heteroatoms. The summed E-state index contributed by atoms with van der Waals surface area (Å²) in [5, 5.41) is 2.01. The molecule has 0 saturated carbocycles. The summed E-state index contributed by atoms with van der Waals surface area (Å²) >= 11 is 3.20. The molecule has 0 aliphatic rings. The Balaban J connectivity index is 1.72. The van der Waals surface area contributed by atoms with E-state index < -0.39 is 0 Å². The molecule has 0 bridgehead atoms. The lowest BCUT2D eigenvalue weighted by Crippen LogP contribution is -2.04. The molecular weight excluding hydrogens is 314 g/mol. The number of thioether (sulfide) groups is 1. The molecule has 3 aromatic rings. The van der Waals surface area contributed by atoms with Gasteiger partial charge in [-0.25, -0.2) is 0 Å². The zero-order valence-electron chi connectivity index (χ0n) is 11.8. The Morgan fingerprint density at radius 2 is 2.23 bits per heavy atom. The highest BCUT2D eigenvalue weighted by Crippen LogP contribution is 2.35. The first-order chi connectivity index (χ1) is 10.8. The molecule has 0 saturated heterocycles. The average Bonchev–Trinajstić information content (AvgIpc) is 3.25. The normalized spacial score (nSPS) is 12.2. The van der Waals surface area contributed by atoms with E-state index in [4.69, 9.17) is 4.42 Å². The van der Waals surface area contributed by atoms with Crippen LogP contribution in [0, 0.1) is 0 Å². The number of ketones is 1. The van der Waals surface area contributed by atoms with Crippen LogP contribution in [0.25, 0.3) is 0 Å². The van der Waals surface area contributed by atoms with Crippen molar-refractivity contribution in [2.75, 3.05) is 0 Å². The van der Waals surface area contributed by atoms with Gasteiger partial charge in [-0.1, -0.05) is 12.1 Å². The van der Waals surface area contributed by atoms with Gasteiger partial charge in [-0.05, 0) is 35.2 Å². The van der Waals surface area contributed by atoms with Crippen molar-refractivity contribution >= 4 is 28.9 Å². The van der Waals surface area contributed by atoms with Crippen LogP contribution in [-0.2, 0) is 5.75 Å². The molecule has 112 valence electrons. The van der Waals surface area contributed by atoms with Crippen molar-refractivity contribution in [1.82, 2.24) is 4.98 Å². The maximum Gasteiger partial charge on any atom is 0.174 e. The number of aromatic nitrogens is 1. The van der Waals surface area contributed by atoms with Crippen molar-refractivity contribution in [2.24, 2.45) is 0 Å². The van der Waals surface area contributed by atoms with E-state index in [2.05, 4.69) is 4.98 Å². The molecule has 3 rings (SSSR count). The quantitative estimate of drug-likeness (QED) is 0.573. The summed E-state index contributed by atoms with van der Waals surface area (Å²) in [4.78, 5) is 17.4. The largest absolute Gasteiger partial charge is 0.468 e. The van der Waals surface area contributed by atoms with Crippen LogP contribution in [0.1, 0.15) is 32.7 Å². The van der Waals surface area contributed by atoms with Gasteiger partial charge in [0.05, 0.1) is 16.9 Å². The molecule has 3 nitrogen and oxygen atoms in total. The molecule has 3 aromatic heterocycles. The Kier molecular flexibility index (Phi) is 5.08. The van der Waals surface area contributed by atoms with Gasteiger partial charge in [0.25, 0.3) is 0 Å². The van der Waals surface area contributed by atoms with Crippen LogP contribution in [0.2, 0.25) is 0 Å². The first-order valence-electron chi connectivity index (χ1n) is 6.93. The molecule has 0 aromatic carbocycles. The number of thiophene rings is 1. The lowest BCUT2D eigenvalue weighted by atomic mass is 10.1. The van der Waals surface area contributed by atoms with Gasteiger partial charge in [0.2, 0.25) is 0 Å². The third-order valence-electron chi connectivity index (χ3n) is 3.23. The molecule has 1 atom stereocenters. The molecule has 0 N–H and O–H groups in total. The van der Waals surface area contributed by atoms with Gasteiger partial charge in [-0.15, -0.1) is 23.1 Å². The van der Waals surface area contributed by atoms with Gasteiger partial charge in [0.1, 0.15) is 5.76 Å². The molecule has 3 heterocycles. The molecule has 0 aliphatic heterocycles. The van der Waals surface area contributed by atoms with Crippen LogP contribution in [0.15, 0.2) is 64.9 Å². The maximum absolute atomic E-state index is 12.4. The van der Waals surface area contributed by atoms with Crippen molar-refractivity contribution in [1.29, 1.82) is 0 Å². The summed E-state index contributed by atoms with van der Waals surface area (Å²) < 4.78 is 5.38. The van der Waals surface area contributed by atoms with Crippen molar-refractivity contribution < 1.29 is 9.21 Å². The second kappa shape index (κ2) is 7.42. The summed E-state index contributed by atoms with van der Waals surface area (Å²) in [6, 6.07) is 11.6. The van der Waals surface area contributed by atoms with Crippen LogP contribution in [0.5, 0.6) is 0 Å². The van der Waals surface area contributed by atoms with E-state index in [1.807, 2.05) is 48.0 Å². The number of hydrogen-bond donors (Lipinski definition) is 0. The molecule has 22 heavy (non-hydrogen) atoms. The van der Waals surface area contributed by atoms with Gasteiger partial charge in [0, 0.05) is 24.1 Å². The number of carbonyl (C=O) groups is 1. The Morgan fingerprint density at radius 1 is 1.27 bits per heavy atom. The topological polar surface area (TPSA) is 43.1 Å². The zero-order valence-corrected chi connectivity index (χ0v) is 13.5. The van der Waals surface area contributed by atoms with Gasteiger partial charge in [0.15, 0.2) is 5.78 Å². The maximum atomic E-state index is 12.4. The second-order valence-corrected chi connectivity index (χ2v) is 6.91. The average molecular weight is 329 g/mol. The monoisotopic (exact) mass is 329 g/mol. The number of rotatable bonds is 7. The lowest BCUT2D eigenvalue weighted by molar-refractivity contribution is 0.0986. The Morgan fingerprint density at radius 3 is 2.91 bits per heavy atom. The third-order valence-corrected chi connectivity index (χ3v) is 5.43. The highest BCUT2D eigenvalue weighted by atomic mass is 32.2. The van der Waals surface area contributed by atoms with Crippen molar-refractivity contribution in [3.8, 4) is 0 Å². The van der Waals surface area contributed by atoms with Gasteiger partial charge in [-0.2, -0.15) is 0 Å². The third kappa shape index (κ3) is 3.87. The summed E-state index contributed by atoms with van der Waals surface area (Å²) in [5.41, 5.74) is 1.07. The Labute approximate surface area is 137 Å². The summed E-state index contributed by atoms with van der Waals surface area (Å²) in [6.45, 7) is 0. The Bertz CT molecular complexity index is 694. The van der Waals surface area contributed by atoms with Gasteiger partial charge < -0.3 is 4.42 Å². The minimum atomic E-state index is 0.0772. The first kappa shape index (κ1) is 15.1. The van der Waals surface area contributed by atoms with Crippen molar-refractivity contribution in [3.05, 3.63) is 76.6 Å². The highest BCUT2D eigenvalue weighted by molar-refractivity contribution is 7.98. The van der Waals surface area contributed by atoms with E-state index in [0.717, 1.165) is 22.0 Å². The molecule has 0 fully saturated rings. The molecule has 0 amide bonds. The summed E-state index contributed by atoms with van der Waals surface area (Å²) in [7, 11) is 0. The van der Waals surface area contributed by atoms with E-state index in [1.165, 1.54) is 11.3 Å². The summed E-state index contributed by atoms with van der Waals surface area (Å²) in [5.74, 6) is 1.84. The number of Topliss-reactive ketones (excluding diaryl/α,β-unsaturated/α-hetero) is 1. The molecule has 1 unspecified atom stereocenters. The SMILES string of the molecule is O=C(CC(SCc1ccco1)c1cccnc1)c1cccs1. The number of pyridine rings is 1. The molecule has 0 radical (unpaired) electrons. The van der Waals surface area contributed by atoms with Crippen LogP contribution in [0.4, 0.5) is 0 Å². The van der Waals surface area contributed by atoms with Gasteiger partial charge >= 0.3 is 0 Å². The number of nitrogens with zero attached hydrogens (tertiary/aromatic N) is 1. The summed E-state index contributed by atoms with van der Waals surface area (Å²) in [6.07, 6.45) is 5.73.